The van der Waals surface area contributed by atoms with E-state index in [1.807, 2.05) is 6.07 Å². The molecule has 0 radical (unpaired) electrons. The highest BCUT2D eigenvalue weighted by molar-refractivity contribution is 14.0. The van der Waals surface area contributed by atoms with E-state index in [4.69, 9.17) is 9.41 Å². The lowest BCUT2D eigenvalue weighted by molar-refractivity contribution is 0.219. The first-order chi connectivity index (χ1) is 11.8. The Balaban J connectivity index is 0.00000225. The number of halogens is 1. The highest BCUT2D eigenvalue weighted by Crippen LogP contribution is 2.26. The van der Waals surface area contributed by atoms with Gasteiger partial charge in [-0.2, -0.15) is 0 Å². The summed E-state index contributed by atoms with van der Waals surface area (Å²) in [6.45, 7) is 10.7. The van der Waals surface area contributed by atoms with Crippen LogP contribution in [-0.2, 0) is 0 Å². The Hall–Kier alpha value is -0.760. The Kier molecular flexibility index (Phi) is 8.55. The van der Waals surface area contributed by atoms with Crippen LogP contribution < -0.4 is 5.32 Å². The molecule has 1 aromatic rings. The molecular weight excluding hydrogens is 427 g/mol. The predicted octanol–water partition coefficient (Wildman–Crippen LogP) is 3.73. The zero-order valence-corrected chi connectivity index (χ0v) is 17.9. The number of hydrogen-bond acceptors (Lipinski definition) is 3. The Morgan fingerprint density at radius 2 is 2.12 bits per heavy atom. The summed E-state index contributed by atoms with van der Waals surface area (Å²) in [6.07, 6.45) is 6.94. The number of rotatable bonds is 5. The molecule has 0 aliphatic carbocycles. The number of furan rings is 1. The number of piperidine rings is 1. The van der Waals surface area contributed by atoms with Crippen molar-refractivity contribution < 1.29 is 4.42 Å². The van der Waals surface area contributed by atoms with Crippen molar-refractivity contribution in [2.75, 3.05) is 39.3 Å². The maximum absolute atomic E-state index is 5.72. The maximum Gasteiger partial charge on any atom is 0.193 e. The van der Waals surface area contributed by atoms with Gasteiger partial charge in [0.1, 0.15) is 5.76 Å². The monoisotopic (exact) mass is 460 g/mol. The summed E-state index contributed by atoms with van der Waals surface area (Å²) in [5, 5.41) is 3.49. The molecule has 2 unspecified atom stereocenters. The summed E-state index contributed by atoms with van der Waals surface area (Å²) >= 11 is 0. The fourth-order valence-electron chi connectivity index (χ4n) is 3.90. The topological polar surface area (TPSA) is 44.0 Å². The third-order valence-electron chi connectivity index (χ3n) is 5.16. The fraction of sp³-hybridized carbons (Fsp3) is 0.737. The minimum atomic E-state index is 0. The number of guanidine groups is 1. The first-order valence-corrected chi connectivity index (χ1v) is 9.58. The van der Waals surface area contributed by atoms with Crippen molar-refractivity contribution in [3.8, 4) is 0 Å². The standard InChI is InChI=1S/C19H32N4O.HI/c1-3-20-19(23-12-6-8-16(2)15-23)21-14-17(18-9-7-13-24-18)22-10-4-5-11-22;/h7,9,13,16-17H,3-6,8,10-12,14-15H2,1-2H3,(H,20,21);1H. The third kappa shape index (κ3) is 5.61. The van der Waals surface area contributed by atoms with Crippen LogP contribution in [0.3, 0.4) is 0 Å². The number of hydrogen-bond donors (Lipinski definition) is 1. The van der Waals surface area contributed by atoms with Crippen LogP contribution in [0.4, 0.5) is 0 Å². The molecule has 0 spiro atoms. The van der Waals surface area contributed by atoms with Gasteiger partial charge < -0.3 is 14.6 Å². The van der Waals surface area contributed by atoms with Crippen molar-refractivity contribution in [1.82, 2.24) is 15.1 Å². The van der Waals surface area contributed by atoms with Gasteiger partial charge in [-0.05, 0) is 63.7 Å². The van der Waals surface area contributed by atoms with E-state index in [-0.39, 0.29) is 30.0 Å². The van der Waals surface area contributed by atoms with E-state index in [9.17, 15) is 0 Å². The van der Waals surface area contributed by atoms with Gasteiger partial charge in [0.2, 0.25) is 0 Å². The van der Waals surface area contributed by atoms with Crippen LogP contribution in [0.5, 0.6) is 0 Å². The van der Waals surface area contributed by atoms with E-state index in [2.05, 4.69) is 35.0 Å². The van der Waals surface area contributed by atoms with Gasteiger partial charge in [-0.1, -0.05) is 6.92 Å². The van der Waals surface area contributed by atoms with Crippen LogP contribution in [0.15, 0.2) is 27.8 Å². The summed E-state index contributed by atoms with van der Waals surface area (Å²) in [5.41, 5.74) is 0. The first-order valence-electron chi connectivity index (χ1n) is 9.58. The van der Waals surface area contributed by atoms with E-state index in [0.717, 1.165) is 56.9 Å². The van der Waals surface area contributed by atoms with Crippen molar-refractivity contribution in [1.29, 1.82) is 0 Å². The summed E-state index contributed by atoms with van der Waals surface area (Å²) in [7, 11) is 0. The molecule has 3 heterocycles. The molecule has 25 heavy (non-hydrogen) atoms. The lowest BCUT2D eigenvalue weighted by Crippen LogP contribution is -2.46. The van der Waals surface area contributed by atoms with E-state index in [0.29, 0.717) is 0 Å². The molecule has 142 valence electrons. The molecule has 2 aliphatic rings. The lowest BCUT2D eigenvalue weighted by atomic mass is 10.0. The molecule has 2 saturated heterocycles. The molecule has 2 aliphatic heterocycles. The minimum absolute atomic E-state index is 0. The number of aliphatic imine (C=N–C) groups is 1. The van der Waals surface area contributed by atoms with Gasteiger partial charge in [0.15, 0.2) is 5.96 Å². The molecule has 0 amide bonds. The number of nitrogens with zero attached hydrogens (tertiary/aromatic N) is 3. The zero-order chi connectivity index (χ0) is 16.8. The predicted molar refractivity (Wildman–Crippen MR) is 114 cm³/mol. The van der Waals surface area contributed by atoms with Crippen LogP contribution in [0, 0.1) is 5.92 Å². The smallest absolute Gasteiger partial charge is 0.193 e. The van der Waals surface area contributed by atoms with Crippen molar-refractivity contribution in [2.45, 2.75) is 45.6 Å². The fourth-order valence-corrected chi connectivity index (χ4v) is 3.90. The van der Waals surface area contributed by atoms with Crippen molar-refractivity contribution in [2.24, 2.45) is 10.9 Å². The van der Waals surface area contributed by atoms with Crippen LogP contribution in [-0.4, -0.2) is 55.0 Å². The van der Waals surface area contributed by atoms with E-state index < -0.39 is 0 Å². The molecule has 3 rings (SSSR count). The normalized spacial score (nSPS) is 23.4. The van der Waals surface area contributed by atoms with Crippen molar-refractivity contribution >= 4 is 29.9 Å². The third-order valence-corrected chi connectivity index (χ3v) is 5.16. The highest BCUT2D eigenvalue weighted by Gasteiger charge is 2.26. The summed E-state index contributed by atoms with van der Waals surface area (Å²) in [5.74, 6) is 2.87. The van der Waals surface area contributed by atoms with Gasteiger partial charge in [0, 0.05) is 19.6 Å². The Labute approximate surface area is 169 Å². The molecule has 0 saturated carbocycles. The van der Waals surface area contributed by atoms with Gasteiger partial charge in [0.25, 0.3) is 0 Å². The number of nitrogens with one attached hydrogen (secondary N) is 1. The van der Waals surface area contributed by atoms with Crippen molar-refractivity contribution in [3.63, 3.8) is 0 Å². The Morgan fingerprint density at radius 3 is 2.76 bits per heavy atom. The van der Waals surface area contributed by atoms with Crippen LogP contribution in [0.2, 0.25) is 0 Å². The van der Waals surface area contributed by atoms with E-state index in [1.54, 1.807) is 6.26 Å². The van der Waals surface area contributed by atoms with Gasteiger partial charge in [-0.25, -0.2) is 0 Å². The molecule has 6 heteroatoms. The van der Waals surface area contributed by atoms with E-state index in [1.165, 1.54) is 25.7 Å². The maximum atomic E-state index is 5.72. The molecule has 0 aromatic carbocycles. The Bertz CT molecular complexity index is 514. The highest BCUT2D eigenvalue weighted by atomic mass is 127. The lowest BCUT2D eigenvalue weighted by Gasteiger charge is -2.34. The van der Waals surface area contributed by atoms with Crippen molar-refractivity contribution in [3.05, 3.63) is 24.2 Å². The van der Waals surface area contributed by atoms with Crippen LogP contribution in [0.25, 0.3) is 0 Å². The van der Waals surface area contributed by atoms with Crippen LogP contribution >= 0.6 is 24.0 Å². The quantitative estimate of drug-likeness (QED) is 0.413. The second kappa shape index (κ2) is 10.4. The average Bonchev–Trinajstić information content (AvgIpc) is 3.28. The Morgan fingerprint density at radius 1 is 1.32 bits per heavy atom. The number of likely N-dealkylation sites (tertiary alicyclic amines) is 2. The molecular formula is C19H33IN4O. The second-order valence-corrected chi connectivity index (χ2v) is 7.16. The zero-order valence-electron chi connectivity index (χ0n) is 15.6. The summed E-state index contributed by atoms with van der Waals surface area (Å²) in [6, 6.07) is 4.34. The first kappa shape index (κ1) is 20.6. The summed E-state index contributed by atoms with van der Waals surface area (Å²) < 4.78 is 5.72. The summed E-state index contributed by atoms with van der Waals surface area (Å²) in [4.78, 5) is 9.95. The second-order valence-electron chi connectivity index (χ2n) is 7.16. The molecule has 0 bridgehead atoms. The average molecular weight is 460 g/mol. The van der Waals surface area contributed by atoms with Crippen LogP contribution in [0.1, 0.15) is 51.3 Å². The van der Waals surface area contributed by atoms with Gasteiger partial charge in [-0.15, -0.1) is 24.0 Å². The van der Waals surface area contributed by atoms with Gasteiger partial charge in [-0.3, -0.25) is 9.89 Å². The molecule has 5 nitrogen and oxygen atoms in total. The van der Waals surface area contributed by atoms with Gasteiger partial charge in [0.05, 0.1) is 18.8 Å². The molecule has 1 aromatic heterocycles. The SMILES string of the molecule is CCNC(=NCC(c1ccco1)N1CCCC1)N1CCCC(C)C1.I. The molecule has 1 N–H and O–H groups in total. The minimum Gasteiger partial charge on any atom is -0.468 e. The molecule has 2 atom stereocenters. The molecule has 2 fully saturated rings. The van der Waals surface area contributed by atoms with Gasteiger partial charge >= 0.3 is 0 Å². The van der Waals surface area contributed by atoms with E-state index >= 15 is 0 Å². The largest absolute Gasteiger partial charge is 0.468 e.